The maximum Gasteiger partial charge on any atom is 0.315 e. The van der Waals surface area contributed by atoms with E-state index in [4.69, 9.17) is 0 Å². The minimum atomic E-state index is -3.57. The van der Waals surface area contributed by atoms with E-state index >= 15 is 0 Å². The summed E-state index contributed by atoms with van der Waals surface area (Å²) in [7, 11) is -3.57. The smallest absolute Gasteiger partial charge is 0.315 e. The first-order chi connectivity index (χ1) is 25.8. The Morgan fingerprint density at radius 1 is 0.945 bits per heavy atom. The van der Waals surface area contributed by atoms with Gasteiger partial charge in [0.15, 0.2) is 9.84 Å². The zero-order valence-electron chi connectivity index (χ0n) is 33.5. The molecule has 55 heavy (non-hydrogen) atoms. The van der Waals surface area contributed by atoms with Crippen molar-refractivity contribution in [3.63, 3.8) is 0 Å². The molecule has 1 unspecified atom stereocenters. The molecular weight excluding hydrogens is 741 g/mol. The van der Waals surface area contributed by atoms with E-state index in [1.807, 2.05) is 6.92 Å². The van der Waals surface area contributed by atoms with Gasteiger partial charge in [0.1, 0.15) is 17.1 Å². The third-order valence-corrected chi connectivity index (χ3v) is 17.1. The van der Waals surface area contributed by atoms with E-state index in [0.717, 1.165) is 51.4 Å². The second kappa shape index (κ2) is 15.7. The number of amides is 5. The summed E-state index contributed by atoms with van der Waals surface area (Å²) in [6.45, 7) is 11.7. The highest BCUT2D eigenvalue weighted by Gasteiger charge is 2.70. The zero-order chi connectivity index (χ0) is 40.0. The molecule has 0 bridgehead atoms. The molecule has 6 rings (SSSR count). The van der Waals surface area contributed by atoms with Crippen LogP contribution >= 0.6 is 11.3 Å². The molecule has 4 saturated carbocycles. The number of ketones is 1. The normalized spacial score (nSPS) is 26.5. The lowest BCUT2D eigenvalue weighted by molar-refractivity contribution is -0.146. The maximum absolute atomic E-state index is 15.0. The highest BCUT2D eigenvalue weighted by molar-refractivity contribution is 7.92. The van der Waals surface area contributed by atoms with Crippen LogP contribution < -0.4 is 21.3 Å². The number of thiazole rings is 1. The van der Waals surface area contributed by atoms with Crippen molar-refractivity contribution in [2.75, 3.05) is 12.3 Å². The highest BCUT2D eigenvalue weighted by Crippen LogP contribution is 2.65. The van der Waals surface area contributed by atoms with Crippen molar-refractivity contribution >= 4 is 50.7 Å². The van der Waals surface area contributed by atoms with Gasteiger partial charge in [-0.15, -0.1) is 11.3 Å². The Kier molecular flexibility index (Phi) is 11.9. The molecule has 0 aromatic carbocycles. The fourth-order valence-corrected chi connectivity index (χ4v) is 11.7. The molecule has 306 valence electrons. The standard InChI is InChI=1S/C40H62N6O7S2/c1-37(2,3)55(52,53)24-40(17-11-8-12-18-40)45-36(51)44-32(39(6)15-9-7-10-16-39)35(50)46-23-26-29(38(26,4)5)30(46)33(48)43-27(21-25-13-14-25)31(47)34(49)42-22-28-41-19-20-54-28/h19-20,25-27,29-30,32H,7-18,21-24H2,1-6H3,(H,42,49)(H,43,48)(H2,44,45,51)/t26-,27?,29-,30-,32+/m0/s1. The number of rotatable bonds is 14. The number of sulfone groups is 1. The first kappa shape index (κ1) is 41.6. The van der Waals surface area contributed by atoms with Gasteiger partial charge in [-0.1, -0.05) is 72.1 Å². The molecule has 1 aliphatic heterocycles. The minimum Gasteiger partial charge on any atom is -0.344 e. The van der Waals surface area contributed by atoms with Gasteiger partial charge in [-0.05, 0) is 81.5 Å². The molecule has 5 amide bonds. The molecule has 15 heteroatoms. The largest absolute Gasteiger partial charge is 0.344 e. The Balaban J connectivity index is 1.22. The number of carbonyl (C=O) groups is 5. The molecule has 0 radical (unpaired) electrons. The van der Waals surface area contributed by atoms with Crippen molar-refractivity contribution in [3.8, 4) is 0 Å². The Morgan fingerprint density at radius 2 is 1.58 bits per heavy atom. The van der Waals surface area contributed by atoms with E-state index < -0.39 is 67.3 Å². The molecule has 13 nitrogen and oxygen atoms in total. The van der Waals surface area contributed by atoms with Gasteiger partial charge in [-0.3, -0.25) is 19.2 Å². The van der Waals surface area contributed by atoms with Crippen molar-refractivity contribution in [1.29, 1.82) is 0 Å². The Morgan fingerprint density at radius 3 is 2.16 bits per heavy atom. The third-order valence-electron chi connectivity index (χ3n) is 13.6. The van der Waals surface area contributed by atoms with Crippen molar-refractivity contribution < 1.29 is 32.4 Å². The van der Waals surface area contributed by atoms with E-state index in [1.165, 1.54) is 11.3 Å². The number of Topliss-reactive ketones (excluding diaryl/α,β-unsaturated/α-hetero) is 1. The summed E-state index contributed by atoms with van der Waals surface area (Å²) < 4.78 is 26.0. The molecule has 0 spiro atoms. The van der Waals surface area contributed by atoms with Crippen LogP contribution in [0.25, 0.3) is 0 Å². The third kappa shape index (κ3) is 9.07. The molecule has 2 heterocycles. The summed E-state index contributed by atoms with van der Waals surface area (Å²) in [5.74, 6) is -2.31. The van der Waals surface area contributed by atoms with Crippen LogP contribution in [0.4, 0.5) is 4.79 Å². The number of nitrogens with zero attached hydrogens (tertiary/aromatic N) is 2. The summed E-state index contributed by atoms with van der Waals surface area (Å²) in [5, 5.41) is 14.2. The molecule has 5 fully saturated rings. The van der Waals surface area contributed by atoms with Crippen molar-refractivity contribution in [3.05, 3.63) is 16.6 Å². The van der Waals surface area contributed by atoms with Crippen molar-refractivity contribution in [2.45, 2.75) is 160 Å². The molecule has 5 atom stereocenters. The van der Waals surface area contributed by atoms with E-state index in [0.29, 0.717) is 43.7 Å². The second-order valence-corrected chi connectivity index (χ2v) is 22.8. The van der Waals surface area contributed by atoms with Gasteiger partial charge in [0, 0.05) is 18.1 Å². The van der Waals surface area contributed by atoms with Crippen LogP contribution in [0.5, 0.6) is 0 Å². The molecule has 5 aliphatic rings. The van der Waals surface area contributed by atoms with Crippen LogP contribution in [0.3, 0.4) is 0 Å². The zero-order valence-corrected chi connectivity index (χ0v) is 35.1. The average Bonchev–Trinajstić information content (AvgIpc) is 3.82. The van der Waals surface area contributed by atoms with E-state index in [9.17, 15) is 32.4 Å². The molecule has 4 N–H and O–H groups in total. The highest BCUT2D eigenvalue weighted by atomic mass is 32.2. The minimum absolute atomic E-state index is 0.0631. The number of urea groups is 1. The molecule has 4 aliphatic carbocycles. The predicted molar refractivity (Wildman–Crippen MR) is 211 cm³/mol. The van der Waals surface area contributed by atoms with Gasteiger partial charge < -0.3 is 26.2 Å². The summed E-state index contributed by atoms with van der Waals surface area (Å²) in [6.07, 6.45) is 11.7. The molecule has 1 aromatic heterocycles. The van der Waals surface area contributed by atoms with Gasteiger partial charge in [0.05, 0.1) is 28.6 Å². The Hall–Kier alpha value is -3.07. The first-order valence-corrected chi connectivity index (χ1v) is 22.9. The number of hydrogen-bond acceptors (Lipinski definition) is 9. The number of likely N-dealkylation sites (tertiary alicyclic amines) is 1. The van der Waals surface area contributed by atoms with E-state index in [2.05, 4.69) is 40.1 Å². The predicted octanol–water partition coefficient (Wildman–Crippen LogP) is 4.65. The first-order valence-electron chi connectivity index (χ1n) is 20.4. The topological polar surface area (TPSA) is 184 Å². The Labute approximate surface area is 330 Å². The Bertz CT molecular complexity index is 1720. The fourth-order valence-electron chi connectivity index (χ4n) is 9.60. The lowest BCUT2D eigenvalue weighted by Crippen LogP contribution is -2.65. The van der Waals surface area contributed by atoms with Gasteiger partial charge >= 0.3 is 6.03 Å². The second-order valence-electron chi connectivity index (χ2n) is 19.1. The number of hydrogen-bond donors (Lipinski definition) is 4. The van der Waals surface area contributed by atoms with E-state index in [-0.39, 0.29) is 41.4 Å². The maximum atomic E-state index is 15.0. The monoisotopic (exact) mass is 802 g/mol. The number of piperidine rings is 1. The van der Waals surface area contributed by atoms with Crippen LogP contribution in [0, 0.1) is 28.6 Å². The lowest BCUT2D eigenvalue weighted by Gasteiger charge is -2.44. The number of fused-ring (bicyclic) bond motifs is 1. The summed E-state index contributed by atoms with van der Waals surface area (Å²) in [4.78, 5) is 75.9. The van der Waals surface area contributed by atoms with Gasteiger partial charge in [-0.2, -0.15) is 0 Å². The number of aromatic nitrogens is 1. The summed E-state index contributed by atoms with van der Waals surface area (Å²) in [5.41, 5.74) is -1.75. The van der Waals surface area contributed by atoms with E-state index in [1.54, 1.807) is 37.2 Å². The molecule has 1 aromatic rings. The average molecular weight is 803 g/mol. The fraction of sp³-hybridized carbons (Fsp3) is 0.800. The van der Waals surface area contributed by atoms with Crippen LogP contribution in [-0.4, -0.2) is 88.5 Å². The van der Waals surface area contributed by atoms with Crippen LogP contribution in [0.15, 0.2) is 11.6 Å². The SMILES string of the molecule is CC1([C@H](NC(=O)NC2(CS(=O)(=O)C(C)(C)C)CCCCC2)C(=O)N2C[C@H]3[C@@H]([C@H]2C(=O)NC(CC2CC2)C(=O)C(=O)NCc2nccs2)C3(C)C)CCCCC1. The summed E-state index contributed by atoms with van der Waals surface area (Å²) in [6, 6.07) is -3.42. The van der Waals surface area contributed by atoms with Crippen molar-refractivity contribution in [1.82, 2.24) is 31.2 Å². The van der Waals surface area contributed by atoms with Crippen LogP contribution in [0.1, 0.15) is 130 Å². The molecular formula is C40H62N6O7S2. The van der Waals surface area contributed by atoms with Crippen LogP contribution in [-0.2, 0) is 35.6 Å². The van der Waals surface area contributed by atoms with Gasteiger partial charge in [0.25, 0.3) is 5.91 Å². The lowest BCUT2D eigenvalue weighted by atomic mass is 9.70. The van der Waals surface area contributed by atoms with Crippen molar-refractivity contribution in [2.24, 2.45) is 28.6 Å². The van der Waals surface area contributed by atoms with Gasteiger partial charge in [-0.25, -0.2) is 18.2 Å². The quantitative estimate of drug-likeness (QED) is 0.196. The molecule has 1 saturated heterocycles. The number of carbonyl (C=O) groups excluding carboxylic acids is 5. The van der Waals surface area contributed by atoms with Gasteiger partial charge in [0.2, 0.25) is 17.6 Å². The summed E-state index contributed by atoms with van der Waals surface area (Å²) >= 11 is 1.37. The number of nitrogens with one attached hydrogen (secondary N) is 4. The van der Waals surface area contributed by atoms with Crippen LogP contribution in [0.2, 0.25) is 0 Å².